The number of anilines is 1. The second kappa shape index (κ2) is 8.12. The lowest BCUT2D eigenvalue weighted by molar-refractivity contribution is 0.121. The summed E-state index contributed by atoms with van der Waals surface area (Å²) in [6.45, 7) is 12.3. The number of hydrogen-bond donors (Lipinski definition) is 0. The van der Waals surface area contributed by atoms with Crippen molar-refractivity contribution in [3.05, 3.63) is 0 Å². The molecule has 0 radical (unpaired) electrons. The molecule has 1 fully saturated rings. The lowest BCUT2D eigenvalue weighted by Crippen LogP contribution is -2.37. The molecule has 0 saturated carbocycles. The summed E-state index contributed by atoms with van der Waals surface area (Å²) < 4.78 is 16.7. The number of morpholine rings is 1. The van der Waals surface area contributed by atoms with E-state index in [4.69, 9.17) is 14.2 Å². The minimum Gasteiger partial charge on any atom is -0.463 e. The van der Waals surface area contributed by atoms with Gasteiger partial charge >= 0.3 is 12.0 Å². The molecule has 1 aromatic rings. The van der Waals surface area contributed by atoms with Gasteiger partial charge in [-0.25, -0.2) is 0 Å². The Bertz CT molecular complexity index is 432. The maximum Gasteiger partial charge on any atom is 0.324 e. The minimum atomic E-state index is 0.323. The van der Waals surface area contributed by atoms with Gasteiger partial charge < -0.3 is 19.1 Å². The van der Waals surface area contributed by atoms with Crippen molar-refractivity contribution in [3.63, 3.8) is 0 Å². The molecular formula is C15H26N4O3. The van der Waals surface area contributed by atoms with Crippen LogP contribution in [0.2, 0.25) is 0 Å². The normalized spacial score (nSPS) is 15.5. The maximum atomic E-state index is 5.65. The van der Waals surface area contributed by atoms with E-state index in [2.05, 4.69) is 47.5 Å². The van der Waals surface area contributed by atoms with E-state index in [9.17, 15) is 0 Å². The van der Waals surface area contributed by atoms with Gasteiger partial charge in [0.1, 0.15) is 0 Å². The monoisotopic (exact) mass is 310 g/mol. The third kappa shape index (κ3) is 5.29. The lowest BCUT2D eigenvalue weighted by atomic mass is 10.2. The highest BCUT2D eigenvalue weighted by molar-refractivity contribution is 5.32. The van der Waals surface area contributed by atoms with E-state index in [1.807, 2.05) is 0 Å². The molecule has 0 aromatic carbocycles. The van der Waals surface area contributed by atoms with Gasteiger partial charge in [-0.15, -0.1) is 4.98 Å². The van der Waals surface area contributed by atoms with Crippen LogP contribution in [0.15, 0.2) is 0 Å². The standard InChI is InChI=1S/C15H26N4O3/c1-11(2)9-21-14-16-13(19-5-7-20-8-6-19)17-15(18-14)22-10-12(3)4/h11-12H,5-10H2,1-4H3. The zero-order chi connectivity index (χ0) is 15.9. The van der Waals surface area contributed by atoms with Crippen molar-refractivity contribution in [3.8, 4) is 12.0 Å². The van der Waals surface area contributed by atoms with Gasteiger partial charge in [-0.2, -0.15) is 9.97 Å². The largest absolute Gasteiger partial charge is 0.463 e. The molecule has 0 atom stereocenters. The fourth-order valence-electron chi connectivity index (χ4n) is 1.84. The maximum absolute atomic E-state index is 5.65. The van der Waals surface area contributed by atoms with Gasteiger partial charge in [0.25, 0.3) is 0 Å². The van der Waals surface area contributed by atoms with E-state index in [1.165, 1.54) is 0 Å². The molecule has 1 aromatic heterocycles. The quantitative estimate of drug-likeness (QED) is 0.760. The number of nitrogens with zero attached hydrogens (tertiary/aromatic N) is 4. The van der Waals surface area contributed by atoms with E-state index >= 15 is 0 Å². The van der Waals surface area contributed by atoms with Crippen LogP contribution in [0.25, 0.3) is 0 Å². The van der Waals surface area contributed by atoms with Gasteiger partial charge in [-0.3, -0.25) is 0 Å². The van der Waals surface area contributed by atoms with E-state index < -0.39 is 0 Å². The molecule has 0 unspecified atom stereocenters. The van der Waals surface area contributed by atoms with Crippen molar-refractivity contribution < 1.29 is 14.2 Å². The third-order valence-electron chi connectivity index (χ3n) is 2.97. The van der Waals surface area contributed by atoms with Gasteiger partial charge in [-0.05, 0) is 11.8 Å². The van der Waals surface area contributed by atoms with Crippen molar-refractivity contribution in [2.24, 2.45) is 11.8 Å². The Hall–Kier alpha value is -1.63. The predicted octanol–water partition coefficient (Wildman–Crippen LogP) is 1.78. The number of ether oxygens (including phenoxy) is 3. The SMILES string of the molecule is CC(C)COc1nc(OCC(C)C)nc(N2CCOCC2)n1. The van der Waals surface area contributed by atoms with Crippen molar-refractivity contribution in [1.82, 2.24) is 15.0 Å². The van der Waals surface area contributed by atoms with Crippen LogP contribution in [0.3, 0.4) is 0 Å². The Kier molecular flexibility index (Phi) is 6.18. The number of rotatable bonds is 7. The van der Waals surface area contributed by atoms with Crippen molar-refractivity contribution >= 4 is 5.95 Å². The first kappa shape index (κ1) is 16.7. The van der Waals surface area contributed by atoms with Crippen molar-refractivity contribution in [2.45, 2.75) is 27.7 Å². The first-order valence-corrected chi connectivity index (χ1v) is 7.89. The molecule has 7 heteroatoms. The number of aromatic nitrogens is 3. The van der Waals surface area contributed by atoms with Gasteiger partial charge in [-0.1, -0.05) is 27.7 Å². The van der Waals surface area contributed by atoms with Crippen LogP contribution in [0.4, 0.5) is 5.95 Å². The van der Waals surface area contributed by atoms with Gasteiger partial charge in [0.05, 0.1) is 26.4 Å². The highest BCUT2D eigenvalue weighted by Crippen LogP contribution is 2.18. The fourth-order valence-corrected chi connectivity index (χ4v) is 1.84. The molecule has 1 aliphatic heterocycles. The second-order valence-corrected chi connectivity index (χ2v) is 6.21. The Balaban J connectivity index is 2.14. The van der Waals surface area contributed by atoms with E-state index in [-0.39, 0.29) is 0 Å². The molecule has 0 N–H and O–H groups in total. The van der Waals surface area contributed by atoms with Crippen LogP contribution in [0.1, 0.15) is 27.7 Å². The summed E-state index contributed by atoms with van der Waals surface area (Å²) in [5.74, 6) is 1.41. The first-order valence-electron chi connectivity index (χ1n) is 7.89. The summed E-state index contributed by atoms with van der Waals surface area (Å²) in [6.07, 6.45) is 0. The van der Waals surface area contributed by atoms with Crippen LogP contribution in [-0.2, 0) is 4.74 Å². The summed E-state index contributed by atoms with van der Waals surface area (Å²) in [5, 5.41) is 0. The Labute approximate surface area is 132 Å². The minimum absolute atomic E-state index is 0.323. The molecule has 2 heterocycles. The lowest BCUT2D eigenvalue weighted by Gasteiger charge is -2.26. The molecule has 22 heavy (non-hydrogen) atoms. The molecule has 0 aliphatic carbocycles. The van der Waals surface area contributed by atoms with Crippen molar-refractivity contribution in [2.75, 3.05) is 44.4 Å². The van der Waals surface area contributed by atoms with E-state index in [0.717, 1.165) is 13.1 Å². The zero-order valence-corrected chi connectivity index (χ0v) is 13.9. The van der Waals surface area contributed by atoms with Crippen LogP contribution in [0, 0.1) is 11.8 Å². The average Bonchev–Trinajstić information content (AvgIpc) is 2.51. The summed E-state index contributed by atoms with van der Waals surface area (Å²) >= 11 is 0. The van der Waals surface area contributed by atoms with Crippen molar-refractivity contribution in [1.29, 1.82) is 0 Å². The fraction of sp³-hybridized carbons (Fsp3) is 0.800. The zero-order valence-electron chi connectivity index (χ0n) is 13.9. The van der Waals surface area contributed by atoms with E-state index in [1.54, 1.807) is 0 Å². The molecule has 0 bridgehead atoms. The molecule has 2 rings (SSSR count). The van der Waals surface area contributed by atoms with Crippen LogP contribution in [-0.4, -0.2) is 54.5 Å². The topological polar surface area (TPSA) is 69.6 Å². The first-order chi connectivity index (χ1) is 10.5. The Morgan fingerprint density at radius 3 is 1.86 bits per heavy atom. The van der Waals surface area contributed by atoms with E-state index in [0.29, 0.717) is 56.2 Å². The average molecular weight is 310 g/mol. The Morgan fingerprint density at radius 2 is 1.41 bits per heavy atom. The highest BCUT2D eigenvalue weighted by atomic mass is 16.5. The summed E-state index contributed by atoms with van der Waals surface area (Å²) in [6, 6.07) is 0.646. The molecule has 0 amide bonds. The summed E-state index contributed by atoms with van der Waals surface area (Å²) in [7, 11) is 0. The third-order valence-corrected chi connectivity index (χ3v) is 2.97. The molecule has 7 nitrogen and oxygen atoms in total. The van der Waals surface area contributed by atoms with Gasteiger partial charge in [0.2, 0.25) is 5.95 Å². The summed E-state index contributed by atoms with van der Waals surface area (Å²) in [5.41, 5.74) is 0. The molecule has 1 aliphatic rings. The Morgan fingerprint density at radius 1 is 0.909 bits per heavy atom. The predicted molar refractivity (Wildman–Crippen MR) is 83.5 cm³/mol. The highest BCUT2D eigenvalue weighted by Gasteiger charge is 2.18. The molecule has 1 saturated heterocycles. The van der Waals surface area contributed by atoms with Crippen LogP contribution >= 0.6 is 0 Å². The molecule has 0 spiro atoms. The van der Waals surface area contributed by atoms with Crippen LogP contribution in [0.5, 0.6) is 12.0 Å². The molecular weight excluding hydrogens is 284 g/mol. The van der Waals surface area contributed by atoms with Crippen LogP contribution < -0.4 is 14.4 Å². The second-order valence-electron chi connectivity index (χ2n) is 6.21. The molecule has 124 valence electrons. The van der Waals surface area contributed by atoms with Gasteiger partial charge in [0.15, 0.2) is 0 Å². The smallest absolute Gasteiger partial charge is 0.324 e. The summed E-state index contributed by atoms with van der Waals surface area (Å²) in [4.78, 5) is 15.1. The van der Waals surface area contributed by atoms with Gasteiger partial charge in [0, 0.05) is 13.1 Å². The number of hydrogen-bond acceptors (Lipinski definition) is 7.